The van der Waals surface area contributed by atoms with E-state index in [4.69, 9.17) is 11.6 Å². The molecule has 0 aliphatic carbocycles. The van der Waals surface area contributed by atoms with E-state index in [1.165, 1.54) is 6.21 Å². The maximum absolute atomic E-state index is 11.9. The van der Waals surface area contributed by atoms with E-state index in [9.17, 15) is 15.0 Å². The van der Waals surface area contributed by atoms with E-state index in [0.29, 0.717) is 25.1 Å². The van der Waals surface area contributed by atoms with Crippen LogP contribution in [-0.4, -0.2) is 28.9 Å². The zero-order valence-electron chi connectivity index (χ0n) is 13.7. The van der Waals surface area contributed by atoms with Gasteiger partial charge < -0.3 is 15.5 Å². The van der Waals surface area contributed by atoms with Crippen LogP contribution in [0.15, 0.2) is 38.3 Å². The zero-order valence-corrected chi connectivity index (χ0v) is 17.6. The van der Waals surface area contributed by atoms with E-state index in [2.05, 4.69) is 47.7 Å². The van der Waals surface area contributed by atoms with Crippen LogP contribution in [0.4, 0.5) is 5.69 Å². The molecule has 0 radical (unpaired) electrons. The van der Waals surface area contributed by atoms with Gasteiger partial charge >= 0.3 is 0 Å². The van der Waals surface area contributed by atoms with Crippen molar-refractivity contribution in [2.45, 2.75) is 13.5 Å². The number of phenols is 1. The number of aromatic hydroxyl groups is 1. The molecule has 0 fully saturated rings. The number of hydrogen-bond donors (Lipinski definition) is 4. The third kappa shape index (κ3) is 5.20. The number of nitrogens with zero attached hydrogens (tertiary/aromatic N) is 1. The first-order valence-electron chi connectivity index (χ1n) is 7.46. The van der Waals surface area contributed by atoms with Crippen molar-refractivity contribution >= 4 is 61.3 Å². The fraction of sp³-hybridized carbons (Fsp3) is 0.176. The van der Waals surface area contributed by atoms with Crippen molar-refractivity contribution < 1.29 is 15.0 Å². The second-order valence-corrected chi connectivity index (χ2v) is 7.41. The molecule has 0 unspecified atom stereocenters. The lowest BCUT2D eigenvalue weighted by atomic mass is 10.1. The molecule has 0 bridgehead atoms. The number of halogens is 3. The number of phenolic OH excluding ortho intramolecular Hbond substituents is 1. The van der Waals surface area contributed by atoms with Crippen molar-refractivity contribution in [2.75, 3.05) is 11.9 Å². The number of hydrogen-bond acceptors (Lipinski definition) is 5. The first-order valence-corrected chi connectivity index (χ1v) is 9.42. The van der Waals surface area contributed by atoms with E-state index < -0.39 is 0 Å². The number of amides is 1. The Hall–Kier alpha value is -1.61. The molecule has 9 heteroatoms. The molecule has 0 spiro atoms. The molecule has 0 heterocycles. The third-order valence-corrected chi connectivity index (χ3v) is 5.46. The number of carbonyl (C=O) groups excluding carboxylic acids is 1. The quantitative estimate of drug-likeness (QED) is 0.354. The average molecular weight is 506 g/mol. The highest BCUT2D eigenvalue weighted by Gasteiger charge is 2.13. The Morgan fingerprint density at radius 1 is 1.35 bits per heavy atom. The second-order valence-electron chi connectivity index (χ2n) is 5.36. The topological polar surface area (TPSA) is 94.0 Å². The van der Waals surface area contributed by atoms with Crippen LogP contribution in [0.25, 0.3) is 0 Å². The fourth-order valence-electron chi connectivity index (χ4n) is 2.06. The Morgan fingerprint density at radius 3 is 2.73 bits per heavy atom. The monoisotopic (exact) mass is 503 g/mol. The van der Waals surface area contributed by atoms with Crippen molar-refractivity contribution in [3.05, 3.63) is 54.9 Å². The Bertz CT molecular complexity index is 860. The van der Waals surface area contributed by atoms with Crippen LogP contribution in [0.1, 0.15) is 16.7 Å². The SMILES string of the molecule is Cc1cc(NCC(=O)N/N=C/c2cc(Br)c(CO)c(Br)c2O)ccc1Cl. The smallest absolute Gasteiger partial charge is 0.259 e. The second kappa shape index (κ2) is 9.36. The lowest BCUT2D eigenvalue weighted by Crippen LogP contribution is -2.25. The molecule has 2 aromatic rings. The van der Waals surface area contributed by atoms with Crippen LogP contribution in [0.5, 0.6) is 5.75 Å². The lowest BCUT2D eigenvalue weighted by Gasteiger charge is -2.09. The Kier molecular flexibility index (Phi) is 7.45. The van der Waals surface area contributed by atoms with Gasteiger partial charge in [0.05, 0.1) is 23.8 Å². The number of aliphatic hydroxyl groups excluding tert-OH is 1. The Morgan fingerprint density at radius 2 is 2.08 bits per heavy atom. The van der Waals surface area contributed by atoms with E-state index in [0.717, 1.165) is 11.3 Å². The van der Waals surface area contributed by atoms with E-state index in [-0.39, 0.29) is 24.8 Å². The number of benzene rings is 2. The molecule has 0 aliphatic heterocycles. The minimum Gasteiger partial charge on any atom is -0.506 e. The highest BCUT2D eigenvalue weighted by molar-refractivity contribution is 9.11. The lowest BCUT2D eigenvalue weighted by molar-refractivity contribution is -0.119. The van der Waals surface area contributed by atoms with Gasteiger partial charge in [-0.3, -0.25) is 4.79 Å². The summed E-state index contributed by atoms with van der Waals surface area (Å²) >= 11 is 12.5. The van der Waals surface area contributed by atoms with E-state index >= 15 is 0 Å². The Labute approximate surface area is 172 Å². The number of carbonyl (C=O) groups is 1. The summed E-state index contributed by atoms with van der Waals surface area (Å²) in [5, 5.41) is 26.8. The van der Waals surface area contributed by atoms with Crippen molar-refractivity contribution in [1.29, 1.82) is 0 Å². The van der Waals surface area contributed by atoms with Crippen LogP contribution in [0, 0.1) is 6.92 Å². The predicted molar refractivity (Wildman–Crippen MR) is 110 cm³/mol. The molecular weight excluding hydrogens is 489 g/mol. The molecule has 6 nitrogen and oxygen atoms in total. The normalized spacial score (nSPS) is 11.0. The van der Waals surface area contributed by atoms with Crippen LogP contribution in [0.3, 0.4) is 0 Å². The van der Waals surface area contributed by atoms with Crippen LogP contribution in [0.2, 0.25) is 5.02 Å². The van der Waals surface area contributed by atoms with Gasteiger partial charge in [-0.05, 0) is 52.7 Å². The number of anilines is 1. The largest absolute Gasteiger partial charge is 0.506 e. The molecular formula is C17H16Br2ClN3O3. The highest BCUT2D eigenvalue weighted by Crippen LogP contribution is 2.35. The molecule has 0 atom stereocenters. The fourth-order valence-corrected chi connectivity index (χ4v) is 3.58. The van der Waals surface area contributed by atoms with Gasteiger partial charge in [-0.1, -0.05) is 27.5 Å². The van der Waals surface area contributed by atoms with Gasteiger partial charge in [0.2, 0.25) is 0 Å². The van der Waals surface area contributed by atoms with Gasteiger partial charge in [0, 0.05) is 26.3 Å². The standard InChI is InChI=1S/C17H16Br2ClN3O3/c1-9-4-11(2-3-14(9)20)21-7-15(25)23-22-6-10-5-13(18)12(8-24)16(19)17(10)26/h2-6,21,24,26H,7-8H2,1H3,(H,23,25)/b22-6+. The minimum atomic E-state index is -0.349. The summed E-state index contributed by atoms with van der Waals surface area (Å²) in [4.78, 5) is 11.9. The number of hydrazone groups is 1. The molecule has 26 heavy (non-hydrogen) atoms. The van der Waals surface area contributed by atoms with Gasteiger partial charge in [0.15, 0.2) is 0 Å². The van der Waals surface area contributed by atoms with Crippen LogP contribution < -0.4 is 10.7 Å². The van der Waals surface area contributed by atoms with E-state index in [1.807, 2.05) is 13.0 Å². The molecule has 0 saturated carbocycles. The number of rotatable bonds is 6. The van der Waals surface area contributed by atoms with Gasteiger partial charge in [-0.15, -0.1) is 0 Å². The molecule has 0 aliphatic rings. The first-order chi connectivity index (χ1) is 12.3. The maximum atomic E-state index is 11.9. The molecule has 138 valence electrons. The van der Waals surface area contributed by atoms with Gasteiger partial charge in [-0.25, -0.2) is 5.43 Å². The molecule has 2 aromatic carbocycles. The van der Waals surface area contributed by atoms with Gasteiger partial charge in [0.1, 0.15) is 5.75 Å². The summed E-state index contributed by atoms with van der Waals surface area (Å²) in [6.07, 6.45) is 1.32. The Balaban J connectivity index is 1.95. The molecule has 4 N–H and O–H groups in total. The number of aryl methyl sites for hydroxylation is 1. The summed E-state index contributed by atoms with van der Waals surface area (Å²) in [5.41, 5.74) is 4.95. The molecule has 0 saturated heterocycles. The third-order valence-electron chi connectivity index (χ3n) is 3.48. The number of nitrogens with one attached hydrogen (secondary N) is 2. The number of aliphatic hydroxyl groups is 1. The molecule has 0 aromatic heterocycles. The predicted octanol–water partition coefficient (Wildman–Crippen LogP) is 3.93. The summed E-state index contributed by atoms with van der Waals surface area (Å²) in [7, 11) is 0. The van der Waals surface area contributed by atoms with Gasteiger partial charge in [0.25, 0.3) is 5.91 Å². The summed E-state index contributed by atoms with van der Waals surface area (Å²) in [5.74, 6) is -0.427. The summed E-state index contributed by atoms with van der Waals surface area (Å²) in [6.45, 7) is 1.67. The van der Waals surface area contributed by atoms with Crippen molar-refractivity contribution in [2.24, 2.45) is 5.10 Å². The molecule has 2 rings (SSSR count). The van der Waals surface area contributed by atoms with Crippen LogP contribution in [-0.2, 0) is 11.4 Å². The van der Waals surface area contributed by atoms with Crippen molar-refractivity contribution in [1.82, 2.24) is 5.43 Å². The maximum Gasteiger partial charge on any atom is 0.259 e. The van der Waals surface area contributed by atoms with Crippen molar-refractivity contribution in [3.8, 4) is 5.75 Å². The van der Waals surface area contributed by atoms with Crippen LogP contribution >= 0.6 is 43.5 Å². The summed E-state index contributed by atoms with van der Waals surface area (Å²) in [6, 6.07) is 6.97. The average Bonchev–Trinajstić information content (AvgIpc) is 2.60. The zero-order chi connectivity index (χ0) is 19.3. The van der Waals surface area contributed by atoms with E-state index in [1.54, 1.807) is 18.2 Å². The highest BCUT2D eigenvalue weighted by atomic mass is 79.9. The first kappa shape index (κ1) is 20.7. The van der Waals surface area contributed by atoms with Gasteiger partial charge in [-0.2, -0.15) is 5.10 Å². The minimum absolute atomic E-state index is 0.0290. The summed E-state index contributed by atoms with van der Waals surface area (Å²) < 4.78 is 0.971. The van der Waals surface area contributed by atoms with Crippen molar-refractivity contribution in [3.63, 3.8) is 0 Å². The molecule has 1 amide bonds.